The van der Waals surface area contributed by atoms with E-state index in [0.29, 0.717) is 31.9 Å². The van der Waals surface area contributed by atoms with E-state index < -0.39 is 10.0 Å². The number of anilines is 1. The SMILES string of the molecule is CCN(CCNC(=O)c1cc(S(=O)(=O)N2CCCC2)cn1C)c1cccc(C)c1. The first kappa shape index (κ1) is 21.4. The summed E-state index contributed by atoms with van der Waals surface area (Å²) in [5.74, 6) is -0.268. The number of sulfonamides is 1. The van der Waals surface area contributed by atoms with Crippen molar-refractivity contribution in [3.63, 3.8) is 0 Å². The number of likely N-dealkylation sites (N-methyl/N-ethyl adjacent to an activating group) is 1. The van der Waals surface area contributed by atoms with Crippen molar-refractivity contribution in [3.8, 4) is 0 Å². The minimum atomic E-state index is -3.53. The van der Waals surface area contributed by atoms with Crippen LogP contribution in [-0.2, 0) is 17.1 Å². The van der Waals surface area contributed by atoms with Gasteiger partial charge in [-0.25, -0.2) is 8.42 Å². The minimum absolute atomic E-state index is 0.182. The minimum Gasteiger partial charge on any atom is -0.370 e. The molecule has 3 rings (SSSR count). The fourth-order valence-corrected chi connectivity index (χ4v) is 5.26. The lowest BCUT2D eigenvalue weighted by Crippen LogP contribution is -2.35. The van der Waals surface area contributed by atoms with E-state index in [9.17, 15) is 13.2 Å². The Morgan fingerprint density at radius 1 is 1.21 bits per heavy atom. The molecule has 1 aliphatic heterocycles. The third-order valence-electron chi connectivity index (χ3n) is 5.33. The zero-order valence-electron chi connectivity index (χ0n) is 17.4. The van der Waals surface area contributed by atoms with Crippen LogP contribution in [0.15, 0.2) is 41.4 Å². The molecular weight excluding hydrogens is 388 g/mol. The molecule has 1 aromatic carbocycles. The maximum Gasteiger partial charge on any atom is 0.268 e. The number of hydrogen-bond acceptors (Lipinski definition) is 4. The van der Waals surface area contributed by atoms with Crippen molar-refractivity contribution in [1.82, 2.24) is 14.2 Å². The van der Waals surface area contributed by atoms with Crippen LogP contribution >= 0.6 is 0 Å². The van der Waals surface area contributed by atoms with Gasteiger partial charge in [-0.3, -0.25) is 4.79 Å². The molecule has 0 atom stereocenters. The van der Waals surface area contributed by atoms with Crippen LogP contribution in [0.3, 0.4) is 0 Å². The molecule has 0 bridgehead atoms. The second-order valence-corrected chi connectivity index (χ2v) is 9.40. The first-order valence-corrected chi connectivity index (χ1v) is 11.5. The molecule has 1 saturated heterocycles. The van der Waals surface area contributed by atoms with E-state index >= 15 is 0 Å². The molecule has 1 fully saturated rings. The standard InChI is InChI=1S/C21H30N4O3S/c1-4-24(18-9-7-8-17(2)14-18)13-10-22-21(26)20-15-19(16-23(20)3)29(27,28)25-11-5-6-12-25/h7-9,14-16H,4-6,10-13H2,1-3H3,(H,22,26). The molecule has 0 unspecified atom stereocenters. The van der Waals surface area contributed by atoms with E-state index in [2.05, 4.69) is 42.3 Å². The Morgan fingerprint density at radius 3 is 2.59 bits per heavy atom. The largest absolute Gasteiger partial charge is 0.370 e. The van der Waals surface area contributed by atoms with Gasteiger partial charge < -0.3 is 14.8 Å². The van der Waals surface area contributed by atoms with Crippen molar-refractivity contribution in [2.75, 3.05) is 37.6 Å². The zero-order valence-corrected chi connectivity index (χ0v) is 18.2. The van der Waals surface area contributed by atoms with E-state index in [0.717, 1.165) is 25.1 Å². The highest BCUT2D eigenvalue weighted by atomic mass is 32.2. The Kier molecular flexibility index (Phi) is 6.64. The van der Waals surface area contributed by atoms with Gasteiger partial charge in [-0.1, -0.05) is 12.1 Å². The normalized spacial score (nSPS) is 14.9. The van der Waals surface area contributed by atoms with Gasteiger partial charge in [-0.2, -0.15) is 4.31 Å². The summed E-state index contributed by atoms with van der Waals surface area (Å²) >= 11 is 0. The third-order valence-corrected chi connectivity index (χ3v) is 7.20. The van der Waals surface area contributed by atoms with Crippen LogP contribution in [0.1, 0.15) is 35.8 Å². The number of benzene rings is 1. The maximum atomic E-state index is 12.7. The molecule has 1 amide bonds. The molecule has 0 aliphatic carbocycles. The maximum absolute atomic E-state index is 12.7. The van der Waals surface area contributed by atoms with Gasteiger partial charge >= 0.3 is 0 Å². The number of rotatable bonds is 8. The lowest BCUT2D eigenvalue weighted by atomic mass is 10.2. The number of carbonyl (C=O) groups excluding carboxylic acids is 1. The number of amides is 1. The van der Waals surface area contributed by atoms with Crippen molar-refractivity contribution in [3.05, 3.63) is 47.8 Å². The Morgan fingerprint density at radius 2 is 1.93 bits per heavy atom. The van der Waals surface area contributed by atoms with E-state index in [1.807, 2.05) is 6.07 Å². The van der Waals surface area contributed by atoms with Crippen LogP contribution in [0.4, 0.5) is 5.69 Å². The number of aromatic nitrogens is 1. The summed E-state index contributed by atoms with van der Waals surface area (Å²) in [4.78, 5) is 15.0. The Bertz CT molecular complexity index is 962. The highest BCUT2D eigenvalue weighted by molar-refractivity contribution is 7.89. The molecule has 29 heavy (non-hydrogen) atoms. The molecule has 0 saturated carbocycles. The first-order chi connectivity index (χ1) is 13.8. The molecule has 1 aliphatic rings. The number of nitrogens with one attached hydrogen (secondary N) is 1. The van der Waals surface area contributed by atoms with Gasteiger partial charge in [0.15, 0.2) is 0 Å². The number of carbonyl (C=O) groups is 1. The predicted octanol–water partition coefficient (Wildman–Crippen LogP) is 2.37. The molecule has 0 radical (unpaired) electrons. The number of hydrogen-bond donors (Lipinski definition) is 1. The quantitative estimate of drug-likeness (QED) is 0.714. The Hall–Kier alpha value is -2.32. The summed E-state index contributed by atoms with van der Waals surface area (Å²) in [7, 11) is -1.83. The van der Waals surface area contributed by atoms with Crippen LogP contribution < -0.4 is 10.2 Å². The van der Waals surface area contributed by atoms with Gasteiger partial charge in [0.25, 0.3) is 5.91 Å². The van der Waals surface area contributed by atoms with Crippen molar-refractivity contribution < 1.29 is 13.2 Å². The van der Waals surface area contributed by atoms with Crippen LogP contribution in [0.5, 0.6) is 0 Å². The monoisotopic (exact) mass is 418 g/mol. The molecule has 8 heteroatoms. The molecule has 0 spiro atoms. The molecule has 1 N–H and O–H groups in total. The molecule has 158 valence electrons. The lowest BCUT2D eigenvalue weighted by Gasteiger charge is -2.23. The highest BCUT2D eigenvalue weighted by Gasteiger charge is 2.29. The fourth-order valence-electron chi connectivity index (χ4n) is 3.67. The molecule has 7 nitrogen and oxygen atoms in total. The number of aryl methyl sites for hydroxylation is 2. The second kappa shape index (κ2) is 9.00. The van der Waals surface area contributed by atoms with Gasteiger partial charge in [0.1, 0.15) is 10.6 Å². The average Bonchev–Trinajstić information content (AvgIpc) is 3.35. The van der Waals surface area contributed by atoms with Gasteiger partial charge in [0.2, 0.25) is 10.0 Å². The van der Waals surface area contributed by atoms with Gasteiger partial charge in [-0.05, 0) is 50.5 Å². The van der Waals surface area contributed by atoms with Gasteiger partial charge in [0, 0.05) is 51.7 Å². The van der Waals surface area contributed by atoms with Crippen molar-refractivity contribution >= 4 is 21.6 Å². The molecule has 2 aromatic rings. The van der Waals surface area contributed by atoms with Crippen LogP contribution in [0.25, 0.3) is 0 Å². The summed E-state index contributed by atoms with van der Waals surface area (Å²) < 4.78 is 28.5. The second-order valence-electron chi connectivity index (χ2n) is 7.46. The van der Waals surface area contributed by atoms with Gasteiger partial charge in [0.05, 0.1) is 0 Å². The Balaban J connectivity index is 1.63. The van der Waals surface area contributed by atoms with Gasteiger partial charge in [-0.15, -0.1) is 0 Å². The topological polar surface area (TPSA) is 74.7 Å². The zero-order chi connectivity index (χ0) is 21.0. The molecule has 2 heterocycles. The predicted molar refractivity (Wildman–Crippen MR) is 115 cm³/mol. The van der Waals surface area contributed by atoms with Crippen molar-refractivity contribution in [1.29, 1.82) is 0 Å². The van der Waals surface area contributed by atoms with E-state index in [4.69, 9.17) is 0 Å². The molecular formula is C21H30N4O3S. The highest BCUT2D eigenvalue weighted by Crippen LogP contribution is 2.22. The van der Waals surface area contributed by atoms with E-state index in [1.165, 1.54) is 22.1 Å². The third kappa shape index (κ3) is 4.82. The lowest BCUT2D eigenvalue weighted by molar-refractivity contribution is 0.0946. The van der Waals surface area contributed by atoms with E-state index in [-0.39, 0.29) is 10.8 Å². The molecule has 1 aromatic heterocycles. The summed E-state index contributed by atoms with van der Waals surface area (Å²) in [6, 6.07) is 9.74. The smallest absolute Gasteiger partial charge is 0.268 e. The Labute approximate surface area is 173 Å². The average molecular weight is 419 g/mol. The van der Waals surface area contributed by atoms with Crippen molar-refractivity contribution in [2.24, 2.45) is 7.05 Å². The summed E-state index contributed by atoms with van der Waals surface area (Å²) in [6.45, 7) is 7.21. The summed E-state index contributed by atoms with van der Waals surface area (Å²) in [5, 5.41) is 2.91. The van der Waals surface area contributed by atoms with Crippen LogP contribution in [0, 0.1) is 6.92 Å². The first-order valence-electron chi connectivity index (χ1n) is 10.1. The van der Waals surface area contributed by atoms with Crippen LogP contribution in [-0.4, -0.2) is 55.9 Å². The fraction of sp³-hybridized carbons (Fsp3) is 0.476. The summed E-state index contributed by atoms with van der Waals surface area (Å²) in [6.07, 6.45) is 3.29. The van der Waals surface area contributed by atoms with Crippen molar-refractivity contribution in [2.45, 2.75) is 31.6 Å². The van der Waals surface area contributed by atoms with E-state index in [1.54, 1.807) is 11.6 Å². The summed E-state index contributed by atoms with van der Waals surface area (Å²) in [5.41, 5.74) is 2.67. The number of nitrogens with zero attached hydrogens (tertiary/aromatic N) is 3. The van der Waals surface area contributed by atoms with Crippen LogP contribution in [0.2, 0.25) is 0 Å².